The Kier molecular flexibility index (Phi) is 4.73. The second kappa shape index (κ2) is 6.26. The molecule has 4 nitrogen and oxygen atoms in total. The third kappa shape index (κ3) is 5.02. The van der Waals surface area contributed by atoms with Crippen molar-refractivity contribution in [2.24, 2.45) is 0 Å². The average molecular weight is 342 g/mol. The Balaban J connectivity index is 2.05. The molecule has 0 aliphatic carbocycles. The fourth-order valence-corrected chi connectivity index (χ4v) is 2.21. The van der Waals surface area contributed by atoms with Gasteiger partial charge < -0.3 is 9.64 Å². The summed E-state index contributed by atoms with van der Waals surface area (Å²) in [6, 6.07) is 3.70. The number of alkyl halides is 6. The minimum Gasteiger partial charge on any atom is -0.406 e. The lowest BCUT2D eigenvalue weighted by Gasteiger charge is -2.19. The molecule has 1 amide bonds. The standard InChI is InChI=1S/C13H12F6N2O2/c14-12(15,16)7-20-10-4-5-21(11(10)22)8-2-1-3-9(6-8)23-13(17,18)19/h1-3,6,10,20H,4-5,7H2. The first-order valence-electron chi connectivity index (χ1n) is 6.52. The summed E-state index contributed by atoms with van der Waals surface area (Å²) in [5.41, 5.74) is 0.132. The third-order valence-electron chi connectivity index (χ3n) is 3.12. The van der Waals surface area contributed by atoms with Gasteiger partial charge in [-0.1, -0.05) is 6.07 Å². The molecular weight excluding hydrogens is 330 g/mol. The van der Waals surface area contributed by atoms with Crippen LogP contribution >= 0.6 is 0 Å². The van der Waals surface area contributed by atoms with Gasteiger partial charge in [0.25, 0.3) is 0 Å². The molecule has 1 heterocycles. The number of hydrogen-bond acceptors (Lipinski definition) is 3. The normalized spacial score (nSPS) is 19.3. The van der Waals surface area contributed by atoms with E-state index in [1.807, 2.05) is 0 Å². The predicted octanol–water partition coefficient (Wildman–Crippen LogP) is 2.84. The zero-order chi connectivity index (χ0) is 17.3. The Morgan fingerprint density at radius 1 is 1.22 bits per heavy atom. The molecule has 10 heteroatoms. The van der Waals surface area contributed by atoms with Gasteiger partial charge in [-0.25, -0.2) is 0 Å². The van der Waals surface area contributed by atoms with Gasteiger partial charge in [-0.3, -0.25) is 10.1 Å². The summed E-state index contributed by atoms with van der Waals surface area (Å²) in [4.78, 5) is 13.2. The number of carbonyl (C=O) groups is 1. The summed E-state index contributed by atoms with van der Waals surface area (Å²) in [6.07, 6.45) is -9.20. The van der Waals surface area contributed by atoms with E-state index in [9.17, 15) is 31.1 Å². The Morgan fingerprint density at radius 2 is 1.91 bits per heavy atom. The first kappa shape index (κ1) is 17.4. The Morgan fingerprint density at radius 3 is 2.52 bits per heavy atom. The molecule has 1 fully saturated rings. The van der Waals surface area contributed by atoms with Crippen LogP contribution in [0.1, 0.15) is 6.42 Å². The number of ether oxygens (including phenoxy) is 1. The van der Waals surface area contributed by atoms with Gasteiger partial charge in [0.1, 0.15) is 5.75 Å². The number of nitrogens with zero attached hydrogens (tertiary/aromatic N) is 1. The van der Waals surface area contributed by atoms with E-state index in [0.717, 1.165) is 17.0 Å². The SMILES string of the molecule is O=C1C(NCC(F)(F)F)CCN1c1cccc(OC(F)(F)F)c1. The molecule has 1 atom stereocenters. The van der Waals surface area contributed by atoms with Gasteiger partial charge in [-0.15, -0.1) is 13.2 Å². The van der Waals surface area contributed by atoms with E-state index in [4.69, 9.17) is 0 Å². The molecule has 1 aliphatic rings. The van der Waals surface area contributed by atoms with Crippen LogP contribution in [-0.2, 0) is 4.79 Å². The van der Waals surface area contributed by atoms with Crippen LogP contribution in [0.2, 0.25) is 0 Å². The highest BCUT2D eigenvalue weighted by molar-refractivity contribution is 5.99. The monoisotopic (exact) mass is 342 g/mol. The van der Waals surface area contributed by atoms with Crippen LogP contribution in [0.15, 0.2) is 24.3 Å². The lowest BCUT2D eigenvalue weighted by atomic mass is 10.2. The average Bonchev–Trinajstić information content (AvgIpc) is 2.75. The van der Waals surface area contributed by atoms with Crippen molar-refractivity contribution in [3.63, 3.8) is 0 Å². The van der Waals surface area contributed by atoms with Gasteiger partial charge in [0.05, 0.1) is 12.6 Å². The van der Waals surface area contributed by atoms with E-state index < -0.39 is 36.8 Å². The van der Waals surface area contributed by atoms with Crippen molar-refractivity contribution in [1.29, 1.82) is 0 Å². The molecular formula is C13H12F6N2O2. The minimum atomic E-state index is -4.87. The molecule has 1 aliphatic heterocycles. The van der Waals surface area contributed by atoms with Crippen molar-refractivity contribution in [2.75, 3.05) is 18.0 Å². The van der Waals surface area contributed by atoms with Crippen LogP contribution in [0.5, 0.6) is 5.75 Å². The molecule has 1 aromatic carbocycles. The lowest BCUT2D eigenvalue weighted by Crippen LogP contribution is -2.42. The molecule has 2 rings (SSSR count). The summed E-state index contributed by atoms with van der Waals surface area (Å²) < 4.78 is 76.8. The first-order valence-corrected chi connectivity index (χ1v) is 6.52. The summed E-state index contributed by atoms with van der Waals surface area (Å²) in [5, 5.41) is 2.10. The number of amides is 1. The highest BCUT2D eigenvalue weighted by atomic mass is 19.4. The third-order valence-corrected chi connectivity index (χ3v) is 3.12. The van der Waals surface area contributed by atoms with Gasteiger partial charge in [0, 0.05) is 18.3 Å². The highest BCUT2D eigenvalue weighted by Crippen LogP contribution is 2.29. The first-order chi connectivity index (χ1) is 10.6. The molecule has 1 unspecified atom stereocenters. The van der Waals surface area contributed by atoms with Crippen molar-refractivity contribution in [3.05, 3.63) is 24.3 Å². The van der Waals surface area contributed by atoms with E-state index in [1.165, 1.54) is 12.1 Å². The second-order valence-electron chi connectivity index (χ2n) is 4.87. The molecule has 1 N–H and O–H groups in total. The molecule has 128 valence electrons. The fourth-order valence-electron chi connectivity index (χ4n) is 2.21. The van der Waals surface area contributed by atoms with Crippen molar-refractivity contribution < 1.29 is 35.9 Å². The molecule has 0 bridgehead atoms. The van der Waals surface area contributed by atoms with E-state index in [1.54, 1.807) is 0 Å². The largest absolute Gasteiger partial charge is 0.573 e. The second-order valence-corrected chi connectivity index (χ2v) is 4.87. The zero-order valence-corrected chi connectivity index (χ0v) is 11.5. The molecule has 0 aromatic heterocycles. The van der Waals surface area contributed by atoms with E-state index >= 15 is 0 Å². The van der Waals surface area contributed by atoms with Crippen LogP contribution < -0.4 is 15.0 Å². The maximum atomic E-state index is 12.2. The summed E-state index contributed by atoms with van der Waals surface area (Å²) in [7, 11) is 0. The zero-order valence-electron chi connectivity index (χ0n) is 11.5. The van der Waals surface area contributed by atoms with Gasteiger partial charge in [0.2, 0.25) is 5.91 Å². The summed E-state index contributed by atoms with van der Waals surface area (Å²) in [5.74, 6) is -1.13. The van der Waals surface area contributed by atoms with Crippen molar-refractivity contribution in [2.45, 2.75) is 25.0 Å². The topological polar surface area (TPSA) is 41.6 Å². The van der Waals surface area contributed by atoms with Crippen molar-refractivity contribution in [3.8, 4) is 5.75 Å². The van der Waals surface area contributed by atoms with Gasteiger partial charge in [-0.05, 0) is 18.6 Å². The molecule has 1 saturated heterocycles. The number of halogens is 6. The van der Waals surface area contributed by atoms with Crippen molar-refractivity contribution in [1.82, 2.24) is 5.32 Å². The number of nitrogens with one attached hydrogen (secondary N) is 1. The summed E-state index contributed by atoms with van der Waals surface area (Å²) in [6.45, 7) is -1.21. The lowest BCUT2D eigenvalue weighted by molar-refractivity contribution is -0.274. The number of anilines is 1. The molecule has 1 aromatic rings. The van der Waals surface area contributed by atoms with Crippen LogP contribution in [0, 0.1) is 0 Å². The van der Waals surface area contributed by atoms with E-state index in [0.29, 0.717) is 0 Å². The van der Waals surface area contributed by atoms with Crippen LogP contribution in [0.25, 0.3) is 0 Å². The van der Waals surface area contributed by atoms with E-state index in [-0.39, 0.29) is 18.7 Å². The fraction of sp³-hybridized carbons (Fsp3) is 0.462. The minimum absolute atomic E-state index is 0.101. The van der Waals surface area contributed by atoms with Gasteiger partial charge in [-0.2, -0.15) is 13.2 Å². The summed E-state index contributed by atoms with van der Waals surface area (Å²) >= 11 is 0. The molecule has 0 saturated carbocycles. The van der Waals surface area contributed by atoms with Gasteiger partial charge >= 0.3 is 12.5 Å². The molecule has 23 heavy (non-hydrogen) atoms. The van der Waals surface area contributed by atoms with Crippen molar-refractivity contribution >= 4 is 11.6 Å². The number of benzene rings is 1. The van der Waals surface area contributed by atoms with E-state index in [2.05, 4.69) is 10.1 Å². The Hall–Kier alpha value is -1.97. The highest BCUT2D eigenvalue weighted by Gasteiger charge is 2.36. The maximum Gasteiger partial charge on any atom is 0.573 e. The number of carbonyl (C=O) groups excluding carboxylic acids is 1. The Labute approximate surface area is 127 Å². The van der Waals surface area contributed by atoms with Crippen LogP contribution in [0.3, 0.4) is 0 Å². The maximum absolute atomic E-state index is 12.2. The smallest absolute Gasteiger partial charge is 0.406 e. The molecule has 0 spiro atoms. The Bertz CT molecular complexity index is 572. The van der Waals surface area contributed by atoms with Gasteiger partial charge in [0.15, 0.2) is 0 Å². The van der Waals surface area contributed by atoms with Crippen LogP contribution in [-0.4, -0.2) is 37.6 Å². The number of rotatable bonds is 4. The predicted molar refractivity (Wildman–Crippen MR) is 67.9 cm³/mol. The quantitative estimate of drug-likeness (QED) is 0.856. The van der Waals surface area contributed by atoms with Crippen LogP contribution in [0.4, 0.5) is 32.0 Å². The number of hydrogen-bond donors (Lipinski definition) is 1. The molecule has 0 radical (unpaired) electrons.